The van der Waals surface area contributed by atoms with Crippen molar-refractivity contribution in [2.24, 2.45) is 0 Å². The number of piperidine rings is 1. The molecule has 5 nitrogen and oxygen atoms in total. The third kappa shape index (κ3) is 3.97. The fraction of sp³-hybridized carbons (Fsp3) is 0.571. The molecule has 2 rings (SSSR count). The number of halogens is 1. The van der Waals surface area contributed by atoms with E-state index in [0.29, 0.717) is 22.3 Å². The second-order valence-corrected chi connectivity index (χ2v) is 8.21. The Labute approximate surface area is 135 Å². The first kappa shape index (κ1) is 16.7. The summed E-state index contributed by atoms with van der Waals surface area (Å²) in [7, 11) is -1.49. The summed E-state index contributed by atoms with van der Waals surface area (Å²) in [4.78, 5) is 2.47. The molecule has 1 fully saturated rings. The van der Waals surface area contributed by atoms with Gasteiger partial charge in [-0.2, -0.15) is 0 Å². The van der Waals surface area contributed by atoms with Gasteiger partial charge in [0.1, 0.15) is 0 Å². The molecule has 21 heavy (non-hydrogen) atoms. The Morgan fingerprint density at radius 1 is 1.43 bits per heavy atom. The van der Waals surface area contributed by atoms with E-state index in [0.717, 1.165) is 19.4 Å². The average molecular weight is 376 g/mol. The number of nitrogens with one attached hydrogen (secondary N) is 1. The van der Waals surface area contributed by atoms with E-state index in [1.807, 2.05) is 7.05 Å². The molecule has 1 heterocycles. The van der Waals surface area contributed by atoms with Gasteiger partial charge in [0.2, 0.25) is 10.0 Å². The molecule has 1 aromatic carbocycles. The van der Waals surface area contributed by atoms with Crippen molar-refractivity contribution in [3.8, 4) is 0 Å². The van der Waals surface area contributed by atoms with Crippen LogP contribution in [0.3, 0.4) is 0 Å². The zero-order chi connectivity index (χ0) is 15.6. The molecule has 1 atom stereocenters. The van der Waals surface area contributed by atoms with Crippen LogP contribution >= 0.6 is 15.9 Å². The van der Waals surface area contributed by atoms with E-state index in [9.17, 15) is 8.42 Å². The summed E-state index contributed by atoms with van der Waals surface area (Å²) < 4.78 is 28.4. The molecule has 1 aliphatic heterocycles. The summed E-state index contributed by atoms with van der Waals surface area (Å²) in [6, 6.07) is 3.50. The number of nitrogens with two attached hydrogens (primary N) is 1. The lowest BCUT2D eigenvalue weighted by Gasteiger charge is -2.32. The normalized spacial score (nSPS) is 20.6. The van der Waals surface area contributed by atoms with E-state index >= 15 is 0 Å². The third-order valence-corrected chi connectivity index (χ3v) is 6.27. The van der Waals surface area contributed by atoms with Gasteiger partial charge in [-0.1, -0.05) is 6.42 Å². The van der Waals surface area contributed by atoms with Crippen molar-refractivity contribution in [1.82, 2.24) is 9.62 Å². The zero-order valence-corrected chi connectivity index (χ0v) is 14.8. The van der Waals surface area contributed by atoms with Crippen LogP contribution in [0.2, 0.25) is 0 Å². The highest BCUT2D eigenvalue weighted by Crippen LogP contribution is 2.26. The number of hydrogen-bond donors (Lipinski definition) is 2. The molecule has 1 unspecified atom stereocenters. The molecule has 1 saturated heterocycles. The maximum atomic E-state index is 12.5. The number of nitrogens with zero attached hydrogens (tertiary/aromatic N) is 1. The van der Waals surface area contributed by atoms with Crippen LogP contribution in [0.1, 0.15) is 24.8 Å². The van der Waals surface area contributed by atoms with E-state index < -0.39 is 10.0 Å². The first-order chi connectivity index (χ1) is 9.81. The predicted molar refractivity (Wildman–Crippen MR) is 88.7 cm³/mol. The highest BCUT2D eigenvalue weighted by molar-refractivity contribution is 9.10. The molecule has 0 aromatic heterocycles. The first-order valence-electron chi connectivity index (χ1n) is 7.07. The minimum atomic E-state index is -3.53. The Morgan fingerprint density at radius 3 is 2.81 bits per heavy atom. The van der Waals surface area contributed by atoms with Gasteiger partial charge in [0, 0.05) is 22.7 Å². The van der Waals surface area contributed by atoms with Crippen molar-refractivity contribution in [2.45, 2.75) is 37.1 Å². The summed E-state index contributed by atoms with van der Waals surface area (Å²) in [6.45, 7) is 3.23. The Bertz CT molecular complexity index is 619. The van der Waals surface area contributed by atoms with Crippen LogP contribution in [-0.4, -0.2) is 39.5 Å². The smallest absolute Gasteiger partial charge is 0.240 e. The molecule has 0 aliphatic carbocycles. The molecule has 7 heteroatoms. The molecule has 0 radical (unpaired) electrons. The predicted octanol–water partition coefficient (Wildman–Crippen LogP) is 2.10. The van der Waals surface area contributed by atoms with Crippen molar-refractivity contribution >= 4 is 31.6 Å². The highest BCUT2D eigenvalue weighted by Gasteiger charge is 2.23. The summed E-state index contributed by atoms with van der Waals surface area (Å²) in [5, 5.41) is 0. The van der Waals surface area contributed by atoms with Gasteiger partial charge in [0.25, 0.3) is 0 Å². The summed E-state index contributed by atoms with van der Waals surface area (Å²) in [5.74, 6) is 0. The number of hydrogen-bond acceptors (Lipinski definition) is 4. The van der Waals surface area contributed by atoms with Crippen LogP contribution in [-0.2, 0) is 10.0 Å². The Kier molecular flexibility index (Phi) is 5.29. The fourth-order valence-electron chi connectivity index (χ4n) is 2.64. The Morgan fingerprint density at radius 2 is 2.14 bits per heavy atom. The fourth-order valence-corrected chi connectivity index (χ4v) is 4.43. The average Bonchev–Trinajstić information content (AvgIpc) is 2.42. The Hall–Kier alpha value is -0.630. The number of aryl methyl sites for hydroxylation is 1. The van der Waals surface area contributed by atoms with Crippen molar-refractivity contribution in [2.75, 3.05) is 25.9 Å². The van der Waals surface area contributed by atoms with Gasteiger partial charge < -0.3 is 10.6 Å². The molecule has 0 spiro atoms. The van der Waals surface area contributed by atoms with E-state index in [1.54, 1.807) is 13.0 Å². The second kappa shape index (κ2) is 6.64. The number of rotatable bonds is 4. The van der Waals surface area contributed by atoms with Gasteiger partial charge in [-0.3, -0.25) is 0 Å². The first-order valence-corrected chi connectivity index (χ1v) is 9.34. The highest BCUT2D eigenvalue weighted by atomic mass is 79.9. The monoisotopic (exact) mass is 375 g/mol. The number of sulfonamides is 1. The van der Waals surface area contributed by atoms with Gasteiger partial charge in [-0.15, -0.1) is 0 Å². The molecular weight excluding hydrogens is 354 g/mol. The van der Waals surface area contributed by atoms with Gasteiger partial charge in [-0.25, -0.2) is 13.1 Å². The number of likely N-dealkylation sites (N-methyl/N-ethyl adjacent to an activating group) is 1. The molecule has 1 aliphatic rings. The Balaban J connectivity index is 2.13. The standard InChI is InChI=1S/C14H22BrN3O2S/c1-10-7-12(15)13(16)8-14(10)21(19,20)17-9-11-5-3-4-6-18(11)2/h7-8,11,17H,3-6,9,16H2,1-2H3. The lowest BCUT2D eigenvalue weighted by Crippen LogP contribution is -2.44. The molecular formula is C14H22BrN3O2S. The lowest BCUT2D eigenvalue weighted by molar-refractivity contribution is 0.187. The molecule has 0 saturated carbocycles. The summed E-state index contributed by atoms with van der Waals surface area (Å²) >= 11 is 3.31. The van der Waals surface area contributed by atoms with Crippen LogP contribution in [0, 0.1) is 6.92 Å². The molecule has 0 bridgehead atoms. The minimum Gasteiger partial charge on any atom is -0.398 e. The van der Waals surface area contributed by atoms with Crippen molar-refractivity contribution in [1.29, 1.82) is 0 Å². The van der Waals surface area contributed by atoms with Gasteiger partial charge in [0.15, 0.2) is 0 Å². The minimum absolute atomic E-state index is 0.252. The largest absolute Gasteiger partial charge is 0.398 e. The topological polar surface area (TPSA) is 75.4 Å². The van der Waals surface area contributed by atoms with Crippen LogP contribution in [0.15, 0.2) is 21.5 Å². The number of benzene rings is 1. The van der Waals surface area contributed by atoms with Crippen LogP contribution in [0.25, 0.3) is 0 Å². The molecule has 0 amide bonds. The lowest BCUT2D eigenvalue weighted by atomic mass is 10.0. The second-order valence-electron chi connectivity index (χ2n) is 5.62. The molecule has 118 valence electrons. The SMILES string of the molecule is Cc1cc(Br)c(N)cc1S(=O)(=O)NCC1CCCCN1C. The summed E-state index contributed by atoms with van der Waals surface area (Å²) in [5.41, 5.74) is 6.91. The van der Waals surface area contributed by atoms with Gasteiger partial charge in [0.05, 0.1) is 4.90 Å². The van der Waals surface area contributed by atoms with E-state index in [4.69, 9.17) is 5.73 Å². The van der Waals surface area contributed by atoms with E-state index in [-0.39, 0.29) is 10.9 Å². The van der Waals surface area contributed by atoms with Gasteiger partial charge >= 0.3 is 0 Å². The van der Waals surface area contributed by atoms with Gasteiger partial charge in [-0.05, 0) is 67.0 Å². The van der Waals surface area contributed by atoms with E-state index in [1.165, 1.54) is 12.5 Å². The third-order valence-electron chi connectivity index (χ3n) is 4.01. The van der Waals surface area contributed by atoms with Crippen LogP contribution in [0.5, 0.6) is 0 Å². The maximum absolute atomic E-state index is 12.5. The quantitative estimate of drug-likeness (QED) is 0.790. The van der Waals surface area contributed by atoms with Crippen molar-refractivity contribution in [3.05, 3.63) is 22.2 Å². The van der Waals surface area contributed by atoms with Crippen LogP contribution in [0.4, 0.5) is 5.69 Å². The van der Waals surface area contributed by atoms with E-state index in [2.05, 4.69) is 25.6 Å². The number of likely N-dealkylation sites (tertiary alicyclic amines) is 1. The maximum Gasteiger partial charge on any atom is 0.240 e. The summed E-state index contributed by atoms with van der Waals surface area (Å²) in [6.07, 6.45) is 3.36. The number of anilines is 1. The molecule has 1 aromatic rings. The number of nitrogen functional groups attached to an aromatic ring is 1. The zero-order valence-electron chi connectivity index (χ0n) is 12.4. The van der Waals surface area contributed by atoms with Crippen molar-refractivity contribution in [3.63, 3.8) is 0 Å². The van der Waals surface area contributed by atoms with Crippen molar-refractivity contribution < 1.29 is 8.42 Å². The molecule has 3 N–H and O–H groups in total. The van der Waals surface area contributed by atoms with Crippen LogP contribution < -0.4 is 10.5 Å².